The number of hydrogen-bond acceptors (Lipinski definition) is 7. The van der Waals surface area contributed by atoms with Gasteiger partial charge in [-0.05, 0) is 64.7 Å². The van der Waals surface area contributed by atoms with E-state index in [1.54, 1.807) is 17.4 Å². The molecule has 8 heteroatoms. The molecular weight excluding hydrogens is 432 g/mol. The van der Waals surface area contributed by atoms with E-state index in [-0.39, 0.29) is 5.91 Å². The Balaban J connectivity index is 1.70. The zero-order valence-electron chi connectivity index (χ0n) is 20.1. The summed E-state index contributed by atoms with van der Waals surface area (Å²) < 4.78 is 0. The first-order chi connectivity index (χ1) is 15.7. The Hall–Kier alpha value is -3.13. The van der Waals surface area contributed by atoms with Crippen LogP contribution in [0.3, 0.4) is 0 Å². The number of hydrogen-bond donors (Lipinski definition) is 2. The molecule has 1 amide bonds. The number of nitrogens with zero attached hydrogens (tertiary/aromatic N) is 4. The quantitative estimate of drug-likeness (QED) is 0.213. The number of amides is 1. The van der Waals surface area contributed by atoms with E-state index in [1.807, 2.05) is 39.8 Å². The average Bonchev–Trinajstić information content (AvgIpc) is 3.18. The molecule has 2 heterocycles. The summed E-state index contributed by atoms with van der Waals surface area (Å²) in [5.74, 6) is 0.396. The molecule has 0 aromatic carbocycles. The van der Waals surface area contributed by atoms with Gasteiger partial charge in [0.2, 0.25) is 11.0 Å². The highest BCUT2D eigenvalue weighted by Gasteiger charge is 2.07. The van der Waals surface area contributed by atoms with Gasteiger partial charge < -0.3 is 10.6 Å². The maximum absolute atomic E-state index is 11.9. The maximum atomic E-state index is 11.9. The predicted molar refractivity (Wildman–Crippen MR) is 137 cm³/mol. The van der Waals surface area contributed by atoms with Crippen molar-refractivity contribution in [3.63, 3.8) is 0 Å². The Kier molecular flexibility index (Phi) is 10.6. The minimum absolute atomic E-state index is 0.0834. The van der Waals surface area contributed by atoms with E-state index in [0.29, 0.717) is 18.7 Å². The third-order valence-electron chi connectivity index (χ3n) is 4.68. The SMILES string of the molecule is C=C(C=C(C)C)CC(=C)Nc1nnc(CCCCc2ccc(NC(=O)C/C(C)=C/C)nn2)s1. The molecule has 176 valence electrons. The minimum Gasteiger partial charge on any atom is -0.334 e. The summed E-state index contributed by atoms with van der Waals surface area (Å²) in [4.78, 5) is 11.9. The topological polar surface area (TPSA) is 92.7 Å². The molecule has 0 aliphatic rings. The predicted octanol–water partition coefficient (Wildman–Crippen LogP) is 6.03. The molecule has 0 aliphatic heterocycles. The van der Waals surface area contributed by atoms with Crippen molar-refractivity contribution >= 4 is 28.2 Å². The Morgan fingerprint density at radius 1 is 1.00 bits per heavy atom. The van der Waals surface area contributed by atoms with Gasteiger partial charge in [-0.3, -0.25) is 4.79 Å². The number of rotatable bonds is 13. The third-order valence-corrected chi connectivity index (χ3v) is 5.58. The van der Waals surface area contributed by atoms with Crippen LogP contribution in [0.4, 0.5) is 10.9 Å². The maximum Gasteiger partial charge on any atom is 0.229 e. The van der Waals surface area contributed by atoms with Crippen LogP contribution >= 0.6 is 11.3 Å². The fourth-order valence-corrected chi connectivity index (χ4v) is 3.85. The summed E-state index contributed by atoms with van der Waals surface area (Å²) >= 11 is 1.55. The van der Waals surface area contributed by atoms with Gasteiger partial charge in [-0.15, -0.1) is 15.3 Å². The summed E-state index contributed by atoms with van der Waals surface area (Å²) in [7, 11) is 0. The second-order valence-corrected chi connectivity index (χ2v) is 9.33. The lowest BCUT2D eigenvalue weighted by Gasteiger charge is -2.06. The summed E-state index contributed by atoms with van der Waals surface area (Å²) in [5.41, 5.74) is 5.01. The molecular formula is C25H34N6OS. The zero-order chi connectivity index (χ0) is 24.2. The molecule has 0 saturated heterocycles. The number of allylic oxidation sites excluding steroid dienone is 4. The van der Waals surface area contributed by atoms with Crippen molar-refractivity contribution in [2.45, 2.75) is 66.2 Å². The van der Waals surface area contributed by atoms with E-state index in [4.69, 9.17) is 0 Å². The van der Waals surface area contributed by atoms with Crippen LogP contribution in [0.25, 0.3) is 0 Å². The second-order valence-electron chi connectivity index (χ2n) is 8.26. The van der Waals surface area contributed by atoms with Gasteiger partial charge in [0.1, 0.15) is 5.01 Å². The molecule has 0 atom stereocenters. The minimum atomic E-state index is -0.0834. The summed E-state index contributed by atoms with van der Waals surface area (Å²) in [5, 5.41) is 24.5. The molecule has 0 bridgehead atoms. The molecule has 0 radical (unpaired) electrons. The lowest BCUT2D eigenvalue weighted by atomic mass is 10.1. The van der Waals surface area contributed by atoms with Gasteiger partial charge in [0.15, 0.2) is 5.82 Å². The lowest BCUT2D eigenvalue weighted by Crippen LogP contribution is -2.13. The monoisotopic (exact) mass is 466 g/mol. The number of carbonyl (C=O) groups is 1. The molecule has 7 nitrogen and oxygen atoms in total. The van der Waals surface area contributed by atoms with E-state index in [2.05, 4.69) is 50.3 Å². The summed E-state index contributed by atoms with van der Waals surface area (Å²) in [6.45, 7) is 16.0. The van der Waals surface area contributed by atoms with Crippen molar-refractivity contribution in [3.05, 3.63) is 70.6 Å². The Bertz CT molecular complexity index is 1020. The highest BCUT2D eigenvalue weighted by molar-refractivity contribution is 7.15. The lowest BCUT2D eigenvalue weighted by molar-refractivity contribution is -0.115. The molecule has 0 aliphatic carbocycles. The number of aryl methyl sites for hydroxylation is 2. The van der Waals surface area contributed by atoms with Crippen LogP contribution in [0.1, 0.15) is 64.1 Å². The zero-order valence-corrected chi connectivity index (χ0v) is 20.9. The number of nitrogens with one attached hydrogen (secondary N) is 2. The number of aromatic nitrogens is 4. The van der Waals surface area contributed by atoms with Crippen LogP contribution in [-0.2, 0) is 17.6 Å². The van der Waals surface area contributed by atoms with Crippen molar-refractivity contribution in [1.29, 1.82) is 0 Å². The highest BCUT2D eigenvalue weighted by Crippen LogP contribution is 2.21. The van der Waals surface area contributed by atoms with Gasteiger partial charge in [-0.2, -0.15) is 5.10 Å². The van der Waals surface area contributed by atoms with Crippen LogP contribution < -0.4 is 10.6 Å². The van der Waals surface area contributed by atoms with Crippen LogP contribution in [0.5, 0.6) is 0 Å². The first-order valence-corrected chi connectivity index (χ1v) is 11.9. The summed E-state index contributed by atoms with van der Waals surface area (Å²) in [6, 6.07) is 3.71. The van der Waals surface area contributed by atoms with Gasteiger partial charge in [0, 0.05) is 25.0 Å². The fraction of sp³-hybridized carbons (Fsp3) is 0.400. The molecule has 0 saturated carbocycles. The van der Waals surface area contributed by atoms with E-state index < -0.39 is 0 Å². The van der Waals surface area contributed by atoms with E-state index in [9.17, 15) is 4.79 Å². The van der Waals surface area contributed by atoms with Crippen molar-refractivity contribution in [2.24, 2.45) is 0 Å². The van der Waals surface area contributed by atoms with Crippen LogP contribution in [0.2, 0.25) is 0 Å². The van der Waals surface area contributed by atoms with Crippen LogP contribution in [-0.4, -0.2) is 26.3 Å². The van der Waals surface area contributed by atoms with E-state index >= 15 is 0 Å². The van der Waals surface area contributed by atoms with Gasteiger partial charge in [-0.1, -0.05) is 47.8 Å². The second kappa shape index (κ2) is 13.4. The Morgan fingerprint density at radius 2 is 1.76 bits per heavy atom. The van der Waals surface area contributed by atoms with Gasteiger partial charge in [-0.25, -0.2) is 0 Å². The van der Waals surface area contributed by atoms with E-state index in [0.717, 1.165) is 58.4 Å². The largest absolute Gasteiger partial charge is 0.334 e. The molecule has 33 heavy (non-hydrogen) atoms. The number of anilines is 2. The fourth-order valence-electron chi connectivity index (χ4n) is 3.02. The molecule has 2 aromatic rings. The highest BCUT2D eigenvalue weighted by atomic mass is 32.1. The van der Waals surface area contributed by atoms with Gasteiger partial charge in [0.05, 0.1) is 5.69 Å². The van der Waals surface area contributed by atoms with Gasteiger partial charge in [0.25, 0.3) is 0 Å². The van der Waals surface area contributed by atoms with Gasteiger partial charge >= 0.3 is 0 Å². The molecule has 2 N–H and O–H groups in total. The molecule has 0 spiro atoms. The summed E-state index contributed by atoms with van der Waals surface area (Å²) in [6.07, 6.45) is 8.66. The molecule has 2 rings (SSSR count). The van der Waals surface area contributed by atoms with E-state index in [1.165, 1.54) is 5.57 Å². The van der Waals surface area contributed by atoms with Crippen LogP contribution in [0, 0.1) is 0 Å². The van der Waals surface area contributed by atoms with Crippen molar-refractivity contribution < 1.29 is 4.79 Å². The third kappa shape index (κ3) is 10.4. The molecule has 0 unspecified atom stereocenters. The average molecular weight is 467 g/mol. The van der Waals surface area contributed by atoms with Crippen molar-refractivity contribution in [2.75, 3.05) is 10.6 Å². The first kappa shape index (κ1) is 26.1. The Labute approximate surface area is 200 Å². The smallest absolute Gasteiger partial charge is 0.229 e. The standard InChI is InChI=1S/C25H34N6OS/c1-7-18(4)16-23(32)27-22-13-12-21(28-29-22)10-8-9-11-24-30-31-25(33-24)26-20(6)15-19(5)14-17(2)3/h7,12-14H,5-6,8-11,15-16H2,1-4H3,(H,26,31)(H,27,29,32)/b18-7+. The molecule has 2 aromatic heterocycles. The first-order valence-electron chi connectivity index (χ1n) is 11.1. The van der Waals surface area contributed by atoms with Crippen LogP contribution in [0.15, 0.2) is 59.9 Å². The number of carbonyl (C=O) groups excluding carboxylic acids is 1. The number of unbranched alkanes of at least 4 members (excludes halogenated alkanes) is 1. The van der Waals surface area contributed by atoms with Crippen molar-refractivity contribution in [1.82, 2.24) is 20.4 Å². The Morgan fingerprint density at radius 3 is 2.42 bits per heavy atom. The normalized spacial score (nSPS) is 11.1. The molecule has 0 fully saturated rings. The van der Waals surface area contributed by atoms with Crippen molar-refractivity contribution in [3.8, 4) is 0 Å².